The number of ether oxygens (including phenoxy) is 1. The number of hydrogen-bond donors (Lipinski definition) is 0. The van der Waals surface area contributed by atoms with Crippen LogP contribution in [0.2, 0.25) is 0 Å². The first-order valence-corrected chi connectivity index (χ1v) is 5.38. The van der Waals surface area contributed by atoms with Gasteiger partial charge in [0.15, 0.2) is 0 Å². The first kappa shape index (κ1) is 13.2. The first-order valence-electron chi connectivity index (χ1n) is 5.38. The third kappa shape index (κ3) is 4.64. The van der Waals surface area contributed by atoms with E-state index in [-0.39, 0.29) is 11.8 Å². The Balaban J connectivity index is 2.81. The molecule has 0 aliphatic carbocycles. The van der Waals surface area contributed by atoms with Crippen LogP contribution < -0.4 is 0 Å². The molecule has 0 N–H and O–H groups in total. The largest absolute Gasteiger partial charge is 0.466 e. The van der Waals surface area contributed by atoms with Gasteiger partial charge >= 0.3 is 5.97 Å². The molecule has 0 bridgehead atoms. The molecule has 1 aromatic rings. The summed E-state index contributed by atoms with van der Waals surface area (Å²) in [5, 5.41) is 0. The molecule has 17 heavy (non-hydrogen) atoms. The van der Waals surface area contributed by atoms with Crippen LogP contribution in [0.3, 0.4) is 0 Å². The van der Waals surface area contributed by atoms with Crippen LogP contribution in [0.25, 0.3) is 6.08 Å². The van der Waals surface area contributed by atoms with Crippen molar-refractivity contribution in [1.82, 2.24) is 0 Å². The van der Waals surface area contributed by atoms with E-state index in [0.717, 1.165) is 11.1 Å². The Bertz CT molecular complexity index is 447. The quantitative estimate of drug-likeness (QED) is 0.453. The molecule has 0 atom stereocenters. The van der Waals surface area contributed by atoms with Gasteiger partial charge in [0.1, 0.15) is 5.82 Å². The van der Waals surface area contributed by atoms with Crippen molar-refractivity contribution in [3.63, 3.8) is 0 Å². The van der Waals surface area contributed by atoms with E-state index < -0.39 is 0 Å². The zero-order chi connectivity index (χ0) is 12.7. The van der Waals surface area contributed by atoms with Crippen molar-refractivity contribution in [1.29, 1.82) is 0 Å². The third-order valence-corrected chi connectivity index (χ3v) is 2.25. The molecular weight excluding hydrogens is 219 g/mol. The summed E-state index contributed by atoms with van der Waals surface area (Å²) in [7, 11) is 1.34. The van der Waals surface area contributed by atoms with Crippen LogP contribution in [-0.4, -0.2) is 13.1 Å². The molecule has 0 spiro atoms. The van der Waals surface area contributed by atoms with Crippen molar-refractivity contribution in [2.75, 3.05) is 7.11 Å². The van der Waals surface area contributed by atoms with E-state index in [1.54, 1.807) is 24.3 Å². The Morgan fingerprint density at radius 3 is 2.82 bits per heavy atom. The van der Waals surface area contributed by atoms with Gasteiger partial charge < -0.3 is 4.74 Å². The highest BCUT2D eigenvalue weighted by atomic mass is 19.1. The first-order chi connectivity index (χ1) is 8.15. The number of esters is 1. The molecule has 0 fully saturated rings. The summed E-state index contributed by atoms with van der Waals surface area (Å²) in [6.45, 7) is 1.94. The average molecular weight is 234 g/mol. The Kier molecular flexibility index (Phi) is 5.14. The van der Waals surface area contributed by atoms with Crippen molar-refractivity contribution in [2.24, 2.45) is 0 Å². The van der Waals surface area contributed by atoms with E-state index >= 15 is 0 Å². The number of allylic oxidation sites excluding steroid dienone is 2. The summed E-state index contributed by atoms with van der Waals surface area (Å²) in [4.78, 5) is 11.1. The van der Waals surface area contributed by atoms with Gasteiger partial charge in [0.2, 0.25) is 0 Å². The minimum absolute atomic E-state index is 0.276. The minimum atomic E-state index is -0.384. The molecule has 0 radical (unpaired) electrons. The number of rotatable bonds is 4. The molecule has 90 valence electrons. The number of methoxy groups -OCH3 is 1. The van der Waals surface area contributed by atoms with Gasteiger partial charge in [0.05, 0.1) is 7.11 Å². The second kappa shape index (κ2) is 6.63. The predicted octanol–water partition coefficient (Wildman–Crippen LogP) is 3.35. The molecule has 3 heteroatoms. The number of halogens is 1. The molecule has 0 amide bonds. The number of carbonyl (C=O) groups is 1. The predicted molar refractivity (Wildman–Crippen MR) is 65.8 cm³/mol. The Morgan fingerprint density at radius 2 is 2.24 bits per heavy atom. The lowest BCUT2D eigenvalue weighted by Crippen LogP contribution is -1.95. The van der Waals surface area contributed by atoms with E-state index in [1.807, 2.05) is 6.92 Å². The van der Waals surface area contributed by atoms with Crippen molar-refractivity contribution in [3.05, 3.63) is 53.4 Å². The van der Waals surface area contributed by atoms with Crippen LogP contribution in [0, 0.1) is 5.82 Å². The van der Waals surface area contributed by atoms with Gasteiger partial charge in [-0.05, 0) is 29.7 Å². The van der Waals surface area contributed by atoms with Gasteiger partial charge in [-0.3, -0.25) is 0 Å². The van der Waals surface area contributed by atoms with Gasteiger partial charge in [-0.2, -0.15) is 0 Å². The van der Waals surface area contributed by atoms with Gasteiger partial charge in [-0.25, -0.2) is 9.18 Å². The highest BCUT2D eigenvalue weighted by Crippen LogP contribution is 2.09. The van der Waals surface area contributed by atoms with Gasteiger partial charge in [0.25, 0.3) is 0 Å². The average Bonchev–Trinajstić information content (AvgIpc) is 2.34. The van der Waals surface area contributed by atoms with E-state index in [0.29, 0.717) is 6.42 Å². The van der Waals surface area contributed by atoms with E-state index in [4.69, 9.17) is 0 Å². The van der Waals surface area contributed by atoms with Crippen LogP contribution in [0.4, 0.5) is 4.39 Å². The lowest BCUT2D eigenvalue weighted by atomic mass is 10.1. The van der Waals surface area contributed by atoms with Gasteiger partial charge in [-0.1, -0.05) is 31.2 Å². The maximum Gasteiger partial charge on any atom is 0.330 e. The minimum Gasteiger partial charge on any atom is -0.466 e. The SMILES string of the molecule is CCC(/C=C/c1cccc(F)c1)=C\C(=O)OC. The molecule has 0 heterocycles. The summed E-state index contributed by atoms with van der Waals surface area (Å²) in [5.74, 6) is -0.659. The fourth-order valence-electron chi connectivity index (χ4n) is 1.29. The number of hydrogen-bond acceptors (Lipinski definition) is 2. The Morgan fingerprint density at radius 1 is 1.47 bits per heavy atom. The maximum atomic E-state index is 12.9. The summed E-state index contributed by atoms with van der Waals surface area (Å²) in [5.41, 5.74) is 1.59. The second-order valence-electron chi connectivity index (χ2n) is 3.48. The molecule has 2 nitrogen and oxygen atoms in total. The zero-order valence-corrected chi connectivity index (χ0v) is 9.94. The molecule has 1 rings (SSSR count). The highest BCUT2D eigenvalue weighted by Gasteiger charge is 1.96. The van der Waals surface area contributed by atoms with Crippen LogP contribution in [0.15, 0.2) is 42.0 Å². The van der Waals surface area contributed by atoms with Crippen molar-refractivity contribution >= 4 is 12.0 Å². The summed E-state index contributed by atoms with van der Waals surface area (Å²) in [6, 6.07) is 6.26. The summed E-state index contributed by atoms with van der Waals surface area (Å²) in [6.07, 6.45) is 5.68. The molecule has 0 aliphatic heterocycles. The molecule has 1 aromatic carbocycles. The number of benzene rings is 1. The van der Waals surface area contributed by atoms with E-state index in [1.165, 1.54) is 25.3 Å². The van der Waals surface area contributed by atoms with Crippen LogP contribution >= 0.6 is 0 Å². The zero-order valence-electron chi connectivity index (χ0n) is 9.94. The van der Waals surface area contributed by atoms with Crippen LogP contribution in [0.5, 0.6) is 0 Å². The van der Waals surface area contributed by atoms with E-state index in [9.17, 15) is 9.18 Å². The monoisotopic (exact) mass is 234 g/mol. The lowest BCUT2D eigenvalue weighted by Gasteiger charge is -1.98. The van der Waals surface area contributed by atoms with Crippen molar-refractivity contribution in [2.45, 2.75) is 13.3 Å². The van der Waals surface area contributed by atoms with Crippen LogP contribution in [0.1, 0.15) is 18.9 Å². The van der Waals surface area contributed by atoms with Crippen molar-refractivity contribution in [3.8, 4) is 0 Å². The molecule has 0 saturated carbocycles. The van der Waals surface area contributed by atoms with E-state index in [2.05, 4.69) is 4.74 Å². The molecule has 0 unspecified atom stereocenters. The standard InChI is InChI=1S/C14H15FO2/c1-3-11(10-14(16)17-2)7-8-12-5-4-6-13(15)9-12/h4-10H,3H2,1-2H3/b8-7+,11-10+. The molecule has 0 saturated heterocycles. The Hall–Kier alpha value is -1.90. The summed E-state index contributed by atoms with van der Waals surface area (Å²) >= 11 is 0. The van der Waals surface area contributed by atoms with Crippen molar-refractivity contribution < 1.29 is 13.9 Å². The maximum absolute atomic E-state index is 12.9. The Labute approximate surface area is 100 Å². The van der Waals surface area contributed by atoms with Crippen LogP contribution in [-0.2, 0) is 9.53 Å². The normalized spacial score (nSPS) is 11.8. The summed E-state index contributed by atoms with van der Waals surface area (Å²) < 4.78 is 17.5. The fraction of sp³-hybridized carbons (Fsp3) is 0.214. The molecule has 0 aromatic heterocycles. The van der Waals surface area contributed by atoms with Gasteiger partial charge in [-0.15, -0.1) is 0 Å². The van der Waals surface area contributed by atoms with Gasteiger partial charge in [0, 0.05) is 6.08 Å². The number of carbonyl (C=O) groups excluding carboxylic acids is 1. The second-order valence-corrected chi connectivity index (χ2v) is 3.48. The highest BCUT2D eigenvalue weighted by molar-refractivity contribution is 5.83. The third-order valence-electron chi connectivity index (χ3n) is 2.25. The lowest BCUT2D eigenvalue weighted by molar-refractivity contribution is -0.134. The topological polar surface area (TPSA) is 26.3 Å². The fourth-order valence-corrected chi connectivity index (χ4v) is 1.29. The smallest absolute Gasteiger partial charge is 0.330 e. The molecular formula is C14H15FO2. The molecule has 0 aliphatic rings.